The summed E-state index contributed by atoms with van der Waals surface area (Å²) in [6.07, 6.45) is 3.82. The molecule has 11 nitrogen and oxygen atoms in total. The van der Waals surface area contributed by atoms with Gasteiger partial charge in [-0.3, -0.25) is 9.59 Å². The fourth-order valence-corrected chi connectivity index (χ4v) is 4.28. The predicted octanol–water partition coefficient (Wildman–Crippen LogP) is -1.59. The zero-order valence-corrected chi connectivity index (χ0v) is 17.2. The minimum atomic E-state index is -1.03. The molecule has 2 atom stereocenters. The molecule has 0 saturated carbocycles. The van der Waals surface area contributed by atoms with Crippen molar-refractivity contribution in [3.63, 3.8) is 0 Å². The molecule has 4 heterocycles. The molecule has 0 bridgehead atoms. The average Bonchev–Trinajstić information content (AvgIpc) is 3.33. The number of fused-ring (bicyclic) bond motifs is 2. The molecule has 1 saturated heterocycles. The summed E-state index contributed by atoms with van der Waals surface area (Å²) >= 11 is 0. The van der Waals surface area contributed by atoms with E-state index in [0.717, 1.165) is 32.0 Å². The molecule has 1 fully saturated rings. The number of Topliss-reactive ketones (excluding diaryl/α,β-unsaturated/α-hetero) is 2. The number of nitrogens with zero attached hydrogens (tertiary/aromatic N) is 6. The minimum absolute atomic E-state index is 0.0488. The fourth-order valence-electron chi connectivity index (χ4n) is 4.28. The Balaban J connectivity index is 1.51. The average molecular weight is 425 g/mol. The molecule has 11 heteroatoms. The number of aliphatic hydroxyl groups excluding tert-OH is 2. The molecule has 2 unspecified atom stereocenters. The first-order chi connectivity index (χ1) is 14.9. The highest BCUT2D eigenvalue weighted by Gasteiger charge is 2.48. The predicted molar refractivity (Wildman–Crippen MR) is 113 cm³/mol. The van der Waals surface area contributed by atoms with E-state index in [1.165, 1.54) is 4.90 Å². The van der Waals surface area contributed by atoms with E-state index in [2.05, 4.69) is 37.1 Å². The van der Waals surface area contributed by atoms with Crippen LogP contribution in [0.25, 0.3) is 0 Å². The number of piperazine rings is 1. The first-order valence-electron chi connectivity index (χ1n) is 10.1. The zero-order valence-electron chi connectivity index (χ0n) is 17.2. The Bertz CT molecular complexity index is 1060. The minimum Gasteiger partial charge on any atom is -0.505 e. The van der Waals surface area contributed by atoms with Gasteiger partial charge in [0, 0.05) is 33.2 Å². The van der Waals surface area contributed by atoms with Crippen LogP contribution in [0.1, 0.15) is 0 Å². The first kappa shape index (κ1) is 19.6. The van der Waals surface area contributed by atoms with Crippen molar-refractivity contribution in [3.05, 3.63) is 35.0 Å². The van der Waals surface area contributed by atoms with E-state index in [1.54, 1.807) is 7.05 Å². The molecule has 4 aliphatic heterocycles. The Morgan fingerprint density at radius 3 is 2.58 bits per heavy atom. The van der Waals surface area contributed by atoms with E-state index in [4.69, 9.17) is 0 Å². The lowest BCUT2D eigenvalue weighted by Crippen LogP contribution is -2.48. The third kappa shape index (κ3) is 3.00. The van der Waals surface area contributed by atoms with Crippen molar-refractivity contribution in [2.75, 3.05) is 46.9 Å². The van der Waals surface area contributed by atoms with Crippen molar-refractivity contribution >= 4 is 29.1 Å². The van der Waals surface area contributed by atoms with Crippen LogP contribution in [0.15, 0.2) is 50.0 Å². The van der Waals surface area contributed by atoms with Crippen molar-refractivity contribution in [2.45, 2.75) is 12.1 Å². The Morgan fingerprint density at radius 1 is 1.13 bits per heavy atom. The molecule has 0 amide bonds. The van der Waals surface area contributed by atoms with Crippen LogP contribution >= 0.6 is 0 Å². The highest BCUT2D eigenvalue weighted by molar-refractivity contribution is 6.48. The number of ketones is 2. The van der Waals surface area contributed by atoms with E-state index in [-0.39, 0.29) is 29.0 Å². The van der Waals surface area contributed by atoms with Gasteiger partial charge in [0.1, 0.15) is 47.5 Å². The summed E-state index contributed by atoms with van der Waals surface area (Å²) in [6.45, 7) is 3.20. The number of aliphatic imine (C=N–C) groups is 3. The summed E-state index contributed by atoms with van der Waals surface area (Å²) in [5.74, 6) is -0.374. The lowest BCUT2D eigenvalue weighted by molar-refractivity contribution is -0.136. The van der Waals surface area contributed by atoms with Gasteiger partial charge in [0.2, 0.25) is 11.6 Å². The van der Waals surface area contributed by atoms with Gasteiger partial charge in [-0.15, -0.1) is 0 Å². The van der Waals surface area contributed by atoms with Crippen LogP contribution in [-0.2, 0) is 9.59 Å². The van der Waals surface area contributed by atoms with Gasteiger partial charge in [-0.2, -0.15) is 0 Å². The summed E-state index contributed by atoms with van der Waals surface area (Å²) in [6, 6.07) is -1.38. The molecule has 162 valence electrons. The normalized spacial score (nSPS) is 30.9. The first-order valence-corrected chi connectivity index (χ1v) is 10.1. The summed E-state index contributed by atoms with van der Waals surface area (Å²) < 4.78 is 0. The van der Waals surface area contributed by atoms with Gasteiger partial charge in [0.25, 0.3) is 0 Å². The number of carbonyl (C=O) groups is 2. The number of allylic oxidation sites excluding steroid dienone is 1. The van der Waals surface area contributed by atoms with Gasteiger partial charge >= 0.3 is 0 Å². The Kier molecular flexibility index (Phi) is 4.52. The highest BCUT2D eigenvalue weighted by Crippen LogP contribution is 2.34. The monoisotopic (exact) mass is 425 g/mol. The van der Waals surface area contributed by atoms with Gasteiger partial charge in [0.05, 0.1) is 0 Å². The highest BCUT2D eigenvalue weighted by atomic mass is 16.3. The number of hydrogen-bond acceptors (Lipinski definition) is 11. The number of nitrogens with one attached hydrogen (secondary N) is 1. The molecule has 0 radical (unpaired) electrons. The zero-order chi connectivity index (χ0) is 21.9. The van der Waals surface area contributed by atoms with E-state index in [0.29, 0.717) is 5.84 Å². The van der Waals surface area contributed by atoms with Crippen LogP contribution in [0.2, 0.25) is 0 Å². The molecular weight excluding hydrogens is 402 g/mol. The molecule has 3 N–H and O–H groups in total. The molecule has 0 aromatic heterocycles. The SMILES string of the molecule is CN1CCN(C2=NC3=N/C(=C4/C(=O)C(=O)C5C(=C4O)N=C(CO)N5C)NC3C=C2)CC1. The van der Waals surface area contributed by atoms with Gasteiger partial charge in [0.15, 0.2) is 11.6 Å². The molecular formula is C20H23N7O4. The standard InChI is InChI=1S/C20H23N7O4/c1-25-5-7-27(8-6-25)11-4-3-10-19(23-11)24-20(21-10)13-16(29)14-15(18(31)17(13)30)26(2)12(9-28)22-14/h3-4,10,15,21,28-29H,5-9H2,1-2H3/b20-13+. The van der Waals surface area contributed by atoms with E-state index in [9.17, 15) is 19.8 Å². The number of likely N-dealkylation sites (N-methyl/N-ethyl adjacent to an activating group) is 2. The third-order valence-corrected chi connectivity index (χ3v) is 6.15. The van der Waals surface area contributed by atoms with Crippen LogP contribution in [0.5, 0.6) is 0 Å². The van der Waals surface area contributed by atoms with Crippen molar-refractivity contribution in [1.29, 1.82) is 0 Å². The Labute approximate surface area is 178 Å². The van der Waals surface area contributed by atoms with Gasteiger partial charge in [-0.05, 0) is 13.1 Å². The Morgan fingerprint density at radius 2 is 1.87 bits per heavy atom. The van der Waals surface area contributed by atoms with Gasteiger partial charge in [-0.1, -0.05) is 6.08 Å². The van der Waals surface area contributed by atoms with Crippen molar-refractivity contribution in [1.82, 2.24) is 20.0 Å². The van der Waals surface area contributed by atoms with Crippen LogP contribution in [0.4, 0.5) is 0 Å². The second-order valence-corrected chi connectivity index (χ2v) is 8.06. The van der Waals surface area contributed by atoms with Gasteiger partial charge in [-0.25, -0.2) is 15.0 Å². The molecule has 1 aliphatic carbocycles. The van der Waals surface area contributed by atoms with E-state index >= 15 is 0 Å². The molecule has 5 rings (SSSR count). The van der Waals surface area contributed by atoms with E-state index in [1.807, 2.05) is 12.2 Å². The van der Waals surface area contributed by atoms with Gasteiger partial charge < -0.3 is 30.2 Å². The molecule has 0 aromatic carbocycles. The quantitative estimate of drug-likeness (QED) is 0.338. The number of dihydropyridines is 1. The number of aliphatic hydroxyl groups is 2. The fraction of sp³-hybridized carbons (Fsp3) is 0.450. The smallest absolute Gasteiger partial charge is 0.238 e. The second kappa shape index (κ2) is 7.13. The van der Waals surface area contributed by atoms with Crippen LogP contribution in [0, 0.1) is 0 Å². The Hall–Kier alpha value is -3.31. The van der Waals surface area contributed by atoms with Crippen LogP contribution < -0.4 is 5.32 Å². The number of amidine groups is 3. The van der Waals surface area contributed by atoms with Crippen LogP contribution in [0.3, 0.4) is 0 Å². The molecule has 0 aromatic rings. The second-order valence-electron chi connectivity index (χ2n) is 8.06. The molecule has 31 heavy (non-hydrogen) atoms. The van der Waals surface area contributed by atoms with Crippen LogP contribution in [-0.4, -0.2) is 113 Å². The maximum absolute atomic E-state index is 12.8. The molecule has 5 aliphatic rings. The third-order valence-electron chi connectivity index (χ3n) is 6.15. The topological polar surface area (TPSA) is 133 Å². The lowest BCUT2D eigenvalue weighted by Gasteiger charge is -2.34. The van der Waals surface area contributed by atoms with Crippen molar-refractivity contribution in [2.24, 2.45) is 15.0 Å². The number of rotatable bonds is 1. The summed E-state index contributed by atoms with van der Waals surface area (Å²) in [7, 11) is 3.63. The molecule has 0 spiro atoms. The summed E-state index contributed by atoms with van der Waals surface area (Å²) in [5.41, 5.74) is -0.160. The maximum Gasteiger partial charge on any atom is 0.238 e. The summed E-state index contributed by atoms with van der Waals surface area (Å²) in [4.78, 5) is 44.6. The largest absolute Gasteiger partial charge is 0.505 e. The number of hydrogen-bond donors (Lipinski definition) is 3. The van der Waals surface area contributed by atoms with E-state index < -0.39 is 30.0 Å². The number of carbonyl (C=O) groups excluding carboxylic acids is 2. The maximum atomic E-state index is 12.8. The lowest BCUT2D eigenvalue weighted by atomic mass is 9.90. The van der Waals surface area contributed by atoms with Crippen molar-refractivity contribution < 1.29 is 19.8 Å². The van der Waals surface area contributed by atoms with Crippen molar-refractivity contribution in [3.8, 4) is 0 Å². The summed E-state index contributed by atoms with van der Waals surface area (Å²) in [5, 5.41) is 23.3.